The second kappa shape index (κ2) is 6.57. The van der Waals surface area contributed by atoms with Gasteiger partial charge in [-0.2, -0.15) is 0 Å². The fraction of sp³-hybridized carbons (Fsp3) is 0.200. The molecule has 0 aliphatic carbocycles. The number of thiazole rings is 1. The summed E-state index contributed by atoms with van der Waals surface area (Å²) in [7, 11) is 0. The largest absolute Gasteiger partial charge is 0.298 e. The van der Waals surface area contributed by atoms with E-state index in [9.17, 15) is 4.79 Å². The minimum atomic E-state index is -0.117. The van der Waals surface area contributed by atoms with Crippen LogP contribution in [0, 0.1) is 27.7 Å². The minimum Gasteiger partial charge on any atom is -0.298 e. The minimum absolute atomic E-state index is 0.117. The molecule has 1 heterocycles. The number of hydrogen-bond donors (Lipinski definition) is 1. The Morgan fingerprint density at radius 3 is 2.42 bits per heavy atom. The highest BCUT2D eigenvalue weighted by Gasteiger charge is 2.14. The summed E-state index contributed by atoms with van der Waals surface area (Å²) >= 11 is 1.51. The summed E-state index contributed by atoms with van der Waals surface area (Å²) in [5.74, 6) is -0.117. The van der Waals surface area contributed by atoms with Crippen molar-refractivity contribution in [3.63, 3.8) is 0 Å². The fourth-order valence-electron chi connectivity index (χ4n) is 2.60. The van der Waals surface area contributed by atoms with Gasteiger partial charge < -0.3 is 0 Å². The molecule has 0 radical (unpaired) electrons. The maximum Gasteiger partial charge on any atom is 0.257 e. The monoisotopic (exact) mass is 336 g/mol. The van der Waals surface area contributed by atoms with Gasteiger partial charge in [-0.05, 0) is 56.5 Å². The number of nitrogens with zero attached hydrogens (tertiary/aromatic N) is 1. The lowest BCUT2D eigenvalue weighted by molar-refractivity contribution is 0.102. The quantitative estimate of drug-likeness (QED) is 0.705. The Kier molecular flexibility index (Phi) is 4.49. The van der Waals surface area contributed by atoms with Crippen LogP contribution in [0.1, 0.15) is 31.9 Å². The van der Waals surface area contributed by atoms with Crippen LogP contribution in [-0.4, -0.2) is 10.9 Å². The molecule has 0 fully saturated rings. The van der Waals surface area contributed by atoms with E-state index in [1.165, 1.54) is 22.5 Å². The van der Waals surface area contributed by atoms with Gasteiger partial charge in [-0.1, -0.05) is 30.3 Å². The molecule has 0 aliphatic rings. The molecule has 1 N–H and O–H groups in total. The van der Waals surface area contributed by atoms with Crippen LogP contribution in [-0.2, 0) is 0 Å². The van der Waals surface area contributed by atoms with Gasteiger partial charge in [-0.3, -0.25) is 10.1 Å². The predicted octanol–water partition coefficient (Wildman–Crippen LogP) is 5.30. The smallest absolute Gasteiger partial charge is 0.257 e. The average Bonchev–Trinajstić information content (AvgIpc) is 2.91. The van der Waals surface area contributed by atoms with E-state index in [2.05, 4.69) is 42.3 Å². The fourth-order valence-corrected chi connectivity index (χ4v) is 3.43. The Morgan fingerprint density at radius 1 is 0.958 bits per heavy atom. The van der Waals surface area contributed by atoms with Crippen molar-refractivity contribution >= 4 is 22.4 Å². The van der Waals surface area contributed by atoms with Crippen LogP contribution in [0.25, 0.3) is 11.3 Å². The number of aromatic nitrogens is 1. The number of benzene rings is 2. The van der Waals surface area contributed by atoms with Crippen molar-refractivity contribution < 1.29 is 4.79 Å². The maximum absolute atomic E-state index is 12.4. The first-order valence-electron chi connectivity index (χ1n) is 7.87. The summed E-state index contributed by atoms with van der Waals surface area (Å²) in [6.07, 6.45) is 0. The maximum atomic E-state index is 12.4. The lowest BCUT2D eigenvalue weighted by Crippen LogP contribution is -2.12. The SMILES string of the molecule is Cc1ccc(-c2nc(NC(=O)c3ccccc3C)sc2C)cc1C. The zero-order valence-corrected chi connectivity index (χ0v) is 15.1. The van der Waals surface area contributed by atoms with Gasteiger partial charge in [0.05, 0.1) is 5.69 Å². The van der Waals surface area contributed by atoms with Crippen LogP contribution in [0.2, 0.25) is 0 Å². The summed E-state index contributed by atoms with van der Waals surface area (Å²) in [4.78, 5) is 18.2. The molecule has 0 saturated heterocycles. The van der Waals surface area contributed by atoms with Gasteiger partial charge in [0, 0.05) is 16.0 Å². The van der Waals surface area contributed by atoms with Gasteiger partial charge in [-0.25, -0.2) is 4.98 Å². The number of aryl methyl sites for hydroxylation is 4. The van der Waals surface area contributed by atoms with Crippen LogP contribution in [0.15, 0.2) is 42.5 Å². The van der Waals surface area contributed by atoms with Crippen molar-refractivity contribution in [3.8, 4) is 11.3 Å². The summed E-state index contributed by atoms with van der Waals surface area (Å²) in [5, 5.41) is 3.56. The Bertz CT molecular complexity index is 912. The van der Waals surface area contributed by atoms with Crippen molar-refractivity contribution in [3.05, 3.63) is 69.6 Å². The molecule has 0 unspecified atom stereocenters. The van der Waals surface area contributed by atoms with Gasteiger partial charge >= 0.3 is 0 Å². The van der Waals surface area contributed by atoms with Crippen LogP contribution in [0.3, 0.4) is 0 Å². The third kappa shape index (κ3) is 3.24. The predicted molar refractivity (Wildman–Crippen MR) is 101 cm³/mol. The third-order valence-electron chi connectivity index (χ3n) is 4.19. The van der Waals surface area contributed by atoms with Crippen molar-refractivity contribution in [1.29, 1.82) is 0 Å². The van der Waals surface area contributed by atoms with E-state index < -0.39 is 0 Å². The normalized spacial score (nSPS) is 10.7. The highest BCUT2D eigenvalue weighted by molar-refractivity contribution is 7.16. The van der Waals surface area contributed by atoms with Gasteiger partial charge in [0.2, 0.25) is 0 Å². The van der Waals surface area contributed by atoms with E-state index >= 15 is 0 Å². The molecule has 0 aliphatic heterocycles. The molecule has 0 atom stereocenters. The number of carbonyl (C=O) groups is 1. The van der Waals surface area contributed by atoms with E-state index in [1.807, 2.05) is 38.1 Å². The molecular weight excluding hydrogens is 316 g/mol. The van der Waals surface area contributed by atoms with Crippen molar-refractivity contribution in [2.24, 2.45) is 0 Å². The molecule has 24 heavy (non-hydrogen) atoms. The van der Waals surface area contributed by atoms with Crippen molar-refractivity contribution in [2.75, 3.05) is 5.32 Å². The second-order valence-electron chi connectivity index (χ2n) is 5.99. The summed E-state index contributed by atoms with van der Waals surface area (Å²) in [5.41, 5.74) is 6.16. The molecule has 0 spiro atoms. The zero-order chi connectivity index (χ0) is 17.3. The highest BCUT2D eigenvalue weighted by atomic mass is 32.1. The zero-order valence-electron chi connectivity index (χ0n) is 14.3. The molecule has 1 amide bonds. The van der Waals surface area contributed by atoms with E-state index in [0.717, 1.165) is 21.7 Å². The van der Waals surface area contributed by atoms with Gasteiger partial charge in [0.25, 0.3) is 5.91 Å². The summed E-state index contributed by atoms with van der Waals surface area (Å²) < 4.78 is 0. The lowest BCUT2D eigenvalue weighted by Gasteiger charge is -2.05. The molecule has 0 bridgehead atoms. The van der Waals surface area contributed by atoms with Gasteiger partial charge in [0.1, 0.15) is 0 Å². The Morgan fingerprint density at radius 2 is 1.71 bits per heavy atom. The molecular formula is C20H20N2OS. The van der Waals surface area contributed by atoms with E-state index in [4.69, 9.17) is 0 Å². The van der Waals surface area contributed by atoms with Crippen LogP contribution >= 0.6 is 11.3 Å². The van der Waals surface area contributed by atoms with Crippen LogP contribution in [0.5, 0.6) is 0 Å². The lowest BCUT2D eigenvalue weighted by atomic mass is 10.0. The molecule has 1 aromatic heterocycles. The van der Waals surface area contributed by atoms with E-state index in [-0.39, 0.29) is 5.91 Å². The topological polar surface area (TPSA) is 42.0 Å². The molecule has 3 aromatic rings. The molecule has 3 nitrogen and oxygen atoms in total. The second-order valence-corrected chi connectivity index (χ2v) is 7.20. The number of rotatable bonds is 3. The Labute approximate surface area is 146 Å². The Balaban J connectivity index is 1.88. The number of amides is 1. The first kappa shape index (κ1) is 16.4. The van der Waals surface area contributed by atoms with Crippen molar-refractivity contribution in [1.82, 2.24) is 4.98 Å². The first-order valence-corrected chi connectivity index (χ1v) is 8.69. The standard InChI is InChI=1S/C20H20N2OS/c1-12-9-10-16(11-14(12)3)18-15(4)24-20(21-18)22-19(23)17-8-6-5-7-13(17)2/h5-11H,1-4H3,(H,21,22,23). The number of hydrogen-bond acceptors (Lipinski definition) is 3. The van der Waals surface area contributed by atoms with Crippen molar-refractivity contribution in [2.45, 2.75) is 27.7 Å². The Hall–Kier alpha value is -2.46. The van der Waals surface area contributed by atoms with E-state index in [0.29, 0.717) is 10.7 Å². The number of nitrogens with one attached hydrogen (secondary N) is 1. The molecule has 0 saturated carbocycles. The van der Waals surface area contributed by atoms with Crippen LogP contribution < -0.4 is 5.32 Å². The van der Waals surface area contributed by atoms with E-state index in [1.54, 1.807) is 0 Å². The molecule has 4 heteroatoms. The number of anilines is 1. The van der Waals surface area contributed by atoms with Crippen LogP contribution in [0.4, 0.5) is 5.13 Å². The summed E-state index contributed by atoms with van der Waals surface area (Å²) in [6, 6.07) is 13.9. The first-order chi connectivity index (χ1) is 11.5. The molecule has 122 valence electrons. The highest BCUT2D eigenvalue weighted by Crippen LogP contribution is 2.31. The molecule has 3 rings (SSSR count). The average molecular weight is 336 g/mol. The number of carbonyl (C=O) groups excluding carboxylic acids is 1. The molecule has 2 aromatic carbocycles. The van der Waals surface area contributed by atoms with Gasteiger partial charge in [0.15, 0.2) is 5.13 Å². The van der Waals surface area contributed by atoms with Gasteiger partial charge in [-0.15, -0.1) is 11.3 Å². The third-order valence-corrected chi connectivity index (χ3v) is 5.07. The summed E-state index contributed by atoms with van der Waals surface area (Å²) in [6.45, 7) is 8.16.